The van der Waals surface area contributed by atoms with E-state index in [0.717, 1.165) is 0 Å². The number of aliphatic imine (C=N–C) groups is 1. The molecule has 0 bridgehead atoms. The van der Waals surface area contributed by atoms with Crippen molar-refractivity contribution in [1.29, 1.82) is 0 Å². The van der Waals surface area contributed by atoms with E-state index >= 15 is 0 Å². The van der Waals surface area contributed by atoms with E-state index in [1.807, 2.05) is 4.72 Å². The number of hydrogen-bond donors (Lipinski definition) is 5. The third-order valence-electron chi connectivity index (χ3n) is 4.64. The maximum Gasteiger partial charge on any atom is 0.491 e. The first kappa shape index (κ1) is 32.5. The van der Waals surface area contributed by atoms with Gasteiger partial charge in [0.15, 0.2) is 17.5 Å². The smallest absolute Gasteiger partial charge is 0.491 e. The maximum atomic E-state index is 12.5. The molecule has 222 valence electrons. The number of esters is 3. The zero-order valence-electron chi connectivity index (χ0n) is 20.8. The average molecular weight is 606 g/mol. The Morgan fingerprint density at radius 1 is 1.05 bits per heavy atom. The highest BCUT2D eigenvalue weighted by molar-refractivity contribution is 7.87. The fourth-order valence-electron chi connectivity index (χ4n) is 2.86. The number of carboxylic acids is 1. The van der Waals surface area contributed by atoms with Gasteiger partial charge in [-0.2, -0.15) is 31.0 Å². The molecule has 7 N–H and O–H groups in total. The van der Waals surface area contributed by atoms with Gasteiger partial charge in [0, 0.05) is 6.54 Å². The number of rotatable bonds is 12. The van der Waals surface area contributed by atoms with Crippen LogP contribution in [0.25, 0.3) is 0 Å². The Bertz CT molecular complexity index is 1440. The predicted octanol–water partition coefficient (Wildman–Crippen LogP) is 0.219. The summed E-state index contributed by atoms with van der Waals surface area (Å²) in [7, 11) is -3.51. The number of carbonyl (C=O) groups is 4. The quantitative estimate of drug-likeness (QED) is 0.0718. The van der Waals surface area contributed by atoms with Gasteiger partial charge in [0.2, 0.25) is 0 Å². The summed E-state index contributed by atoms with van der Waals surface area (Å²) in [6, 6.07) is 7.23. The van der Waals surface area contributed by atoms with E-state index in [0.29, 0.717) is 5.69 Å². The molecular formula is C22H22F3N5O10S. The van der Waals surface area contributed by atoms with Crippen LogP contribution in [0.1, 0.15) is 22.3 Å². The zero-order valence-corrected chi connectivity index (χ0v) is 21.6. The number of alkyl halides is 3. The molecule has 19 heteroatoms. The Morgan fingerprint density at radius 3 is 2.22 bits per heavy atom. The Balaban J connectivity index is 2.09. The van der Waals surface area contributed by atoms with Gasteiger partial charge >= 0.3 is 30.1 Å². The fourth-order valence-corrected chi connectivity index (χ4v) is 3.86. The minimum Gasteiger partial charge on any atom is -0.493 e. The first-order chi connectivity index (χ1) is 19.0. The van der Waals surface area contributed by atoms with Crippen molar-refractivity contribution in [3.05, 3.63) is 53.6 Å². The maximum absolute atomic E-state index is 12.5. The second kappa shape index (κ2) is 13.5. The van der Waals surface area contributed by atoms with E-state index in [1.165, 1.54) is 54.3 Å². The van der Waals surface area contributed by atoms with Crippen molar-refractivity contribution in [3.8, 4) is 11.5 Å². The number of carbonyl (C=O) groups excluding carboxylic acids is 3. The normalized spacial score (nSPS) is 12.1. The molecule has 0 spiro atoms. The standard InChI is InChI=1S/C22H22F3N5O10S/c1-38-16-8-11(2-7-15(16)39-18(33)12-3-5-13(6-4-12)29-21(26)27)10-28-41(36,37)30-14(9-17(31)32)19(34)40-20(35)22(23,24)25/h2-8,14,28,30H,9-10H2,1H3,(H,31,32)(H4,26,27,29)/t14-/m0/s1. The van der Waals surface area contributed by atoms with Gasteiger partial charge in [-0.15, -0.1) is 0 Å². The molecule has 2 aromatic rings. The minimum absolute atomic E-state index is 0.00173. The highest BCUT2D eigenvalue weighted by atomic mass is 32.2. The van der Waals surface area contributed by atoms with Crippen LogP contribution >= 0.6 is 0 Å². The number of halogens is 3. The summed E-state index contributed by atoms with van der Waals surface area (Å²) >= 11 is 0. The van der Waals surface area contributed by atoms with Crippen molar-refractivity contribution in [1.82, 2.24) is 9.44 Å². The van der Waals surface area contributed by atoms with Gasteiger partial charge in [-0.25, -0.2) is 19.4 Å². The van der Waals surface area contributed by atoms with Crippen LogP contribution in [-0.2, 0) is 35.9 Å². The number of nitrogens with two attached hydrogens (primary N) is 2. The Hall–Kier alpha value is -4.75. The molecule has 2 rings (SSSR count). The molecule has 0 aliphatic heterocycles. The van der Waals surface area contributed by atoms with Crippen molar-refractivity contribution in [2.75, 3.05) is 7.11 Å². The lowest BCUT2D eigenvalue weighted by molar-refractivity contribution is -0.202. The highest BCUT2D eigenvalue weighted by Gasteiger charge is 2.44. The van der Waals surface area contributed by atoms with E-state index in [1.54, 1.807) is 0 Å². The van der Waals surface area contributed by atoms with Crippen molar-refractivity contribution in [3.63, 3.8) is 0 Å². The van der Waals surface area contributed by atoms with Gasteiger partial charge in [0.1, 0.15) is 6.04 Å². The molecule has 0 saturated carbocycles. The molecule has 0 fully saturated rings. The van der Waals surface area contributed by atoms with Gasteiger partial charge in [-0.05, 0) is 42.0 Å². The molecule has 41 heavy (non-hydrogen) atoms. The van der Waals surface area contributed by atoms with Crippen LogP contribution < -0.4 is 30.4 Å². The van der Waals surface area contributed by atoms with Crippen molar-refractivity contribution >= 4 is 45.7 Å². The lowest BCUT2D eigenvalue weighted by Crippen LogP contribution is -2.48. The fraction of sp³-hybridized carbons (Fsp3) is 0.227. The molecule has 15 nitrogen and oxygen atoms in total. The summed E-state index contributed by atoms with van der Waals surface area (Å²) in [6.07, 6.45) is -6.92. The third kappa shape index (κ3) is 10.4. The second-order valence-electron chi connectivity index (χ2n) is 7.76. The number of benzene rings is 2. The van der Waals surface area contributed by atoms with Crippen LogP contribution in [0.2, 0.25) is 0 Å². The first-order valence-electron chi connectivity index (χ1n) is 10.9. The van der Waals surface area contributed by atoms with Crippen LogP contribution in [0.4, 0.5) is 18.9 Å². The predicted molar refractivity (Wildman–Crippen MR) is 132 cm³/mol. The third-order valence-corrected chi connectivity index (χ3v) is 5.76. The second-order valence-corrected chi connectivity index (χ2v) is 9.29. The molecule has 1 atom stereocenters. The monoisotopic (exact) mass is 605 g/mol. The van der Waals surface area contributed by atoms with Crippen LogP contribution in [0.5, 0.6) is 11.5 Å². The number of methoxy groups -OCH3 is 1. The Kier molecular flexibility index (Phi) is 10.7. The molecule has 2 aromatic carbocycles. The van der Waals surface area contributed by atoms with Gasteiger partial charge in [-0.3, -0.25) is 4.79 Å². The van der Waals surface area contributed by atoms with Gasteiger partial charge in [0.25, 0.3) is 10.2 Å². The average Bonchev–Trinajstić information content (AvgIpc) is 2.86. The molecule has 0 aliphatic rings. The van der Waals surface area contributed by atoms with E-state index in [2.05, 4.69) is 9.73 Å². The molecule has 0 heterocycles. The highest BCUT2D eigenvalue weighted by Crippen LogP contribution is 2.29. The van der Waals surface area contributed by atoms with E-state index in [9.17, 15) is 40.8 Å². The summed E-state index contributed by atoms with van der Waals surface area (Å²) in [5.41, 5.74) is 11.3. The van der Waals surface area contributed by atoms with Crippen LogP contribution in [-0.4, -0.2) is 62.7 Å². The summed E-state index contributed by atoms with van der Waals surface area (Å²) < 4.78 is 79.1. The van der Waals surface area contributed by atoms with E-state index in [-0.39, 0.29) is 28.6 Å². The number of ether oxygens (including phenoxy) is 3. The van der Waals surface area contributed by atoms with E-state index < -0.39 is 59.3 Å². The Labute approximate surface area is 229 Å². The summed E-state index contributed by atoms with van der Waals surface area (Å²) in [5.74, 6) is -7.83. The molecule has 0 saturated heterocycles. The molecule has 0 aliphatic carbocycles. The van der Waals surface area contributed by atoms with Crippen LogP contribution in [0, 0.1) is 0 Å². The number of nitrogens with zero attached hydrogens (tertiary/aromatic N) is 1. The van der Waals surface area contributed by atoms with Crippen molar-refractivity contribution in [2.24, 2.45) is 16.5 Å². The van der Waals surface area contributed by atoms with E-state index in [4.69, 9.17) is 26.0 Å². The summed E-state index contributed by atoms with van der Waals surface area (Å²) in [6.45, 7) is -0.511. The number of nitrogens with one attached hydrogen (secondary N) is 2. The zero-order chi connectivity index (χ0) is 31.0. The largest absolute Gasteiger partial charge is 0.493 e. The lowest BCUT2D eigenvalue weighted by atomic mass is 10.2. The van der Waals surface area contributed by atoms with Crippen molar-refractivity contribution in [2.45, 2.75) is 25.2 Å². The summed E-state index contributed by atoms with van der Waals surface area (Å²) in [5, 5.41) is 8.86. The number of guanidine groups is 1. The minimum atomic E-state index is -5.58. The van der Waals surface area contributed by atoms with Crippen LogP contribution in [0.3, 0.4) is 0 Å². The topological polar surface area (TPSA) is 239 Å². The number of carboxylic acid groups (broad SMARTS) is 1. The number of hydrogen-bond acceptors (Lipinski definition) is 10. The molecule has 0 unspecified atom stereocenters. The Morgan fingerprint density at radius 2 is 1.68 bits per heavy atom. The van der Waals surface area contributed by atoms with Gasteiger partial charge < -0.3 is 30.8 Å². The molecule has 0 aromatic heterocycles. The number of aliphatic carboxylic acids is 1. The first-order valence-corrected chi connectivity index (χ1v) is 12.4. The SMILES string of the molecule is COc1cc(CNS(=O)(=O)N[C@@H](CC(=O)O)C(=O)OC(=O)C(F)(F)F)ccc1OC(=O)c1ccc(N=C(N)N)cc1. The molecular weight excluding hydrogens is 583 g/mol. The molecule has 0 amide bonds. The molecule has 0 radical (unpaired) electrons. The van der Waals surface area contributed by atoms with Crippen LogP contribution in [0.15, 0.2) is 47.5 Å². The van der Waals surface area contributed by atoms with Gasteiger partial charge in [0.05, 0.1) is 24.8 Å². The van der Waals surface area contributed by atoms with Gasteiger partial charge in [-0.1, -0.05) is 6.07 Å². The summed E-state index contributed by atoms with van der Waals surface area (Å²) in [4.78, 5) is 49.9. The lowest BCUT2D eigenvalue weighted by Gasteiger charge is -2.16. The van der Waals surface area contributed by atoms with Crippen molar-refractivity contribution < 1.29 is 60.1 Å².